The zero-order chi connectivity index (χ0) is 12.8. The van der Waals surface area contributed by atoms with Crippen molar-refractivity contribution in [2.75, 3.05) is 0 Å². The molecule has 3 nitrogen and oxygen atoms in total. The minimum absolute atomic E-state index is 0.0995. The molecule has 2 rings (SSSR count). The SMILES string of the molecule is CC(N)CC(=O)OC1CC2CCC1(C)C2(C)C. The Hall–Kier alpha value is -0.570. The zero-order valence-corrected chi connectivity index (χ0v) is 11.5. The van der Waals surface area contributed by atoms with Crippen LogP contribution in [0.25, 0.3) is 0 Å². The molecule has 3 heteroatoms. The Morgan fingerprint density at radius 2 is 2.12 bits per heavy atom. The molecule has 2 fully saturated rings. The standard InChI is InChI=1S/C14H25NO2/c1-9(15)7-12(16)17-11-8-10-5-6-14(11,4)13(10,2)3/h9-11H,5-8,15H2,1-4H3. The van der Waals surface area contributed by atoms with E-state index >= 15 is 0 Å². The molecule has 4 atom stereocenters. The van der Waals surface area contributed by atoms with E-state index in [0.717, 1.165) is 6.42 Å². The van der Waals surface area contributed by atoms with Gasteiger partial charge in [0.1, 0.15) is 6.10 Å². The van der Waals surface area contributed by atoms with Gasteiger partial charge in [-0.25, -0.2) is 0 Å². The molecule has 0 aromatic carbocycles. The second kappa shape index (κ2) is 3.98. The van der Waals surface area contributed by atoms with E-state index in [2.05, 4.69) is 20.8 Å². The van der Waals surface area contributed by atoms with Crippen molar-refractivity contribution in [2.45, 2.75) is 65.5 Å². The van der Waals surface area contributed by atoms with Crippen LogP contribution in [0.15, 0.2) is 0 Å². The maximum Gasteiger partial charge on any atom is 0.307 e. The van der Waals surface area contributed by atoms with Crippen LogP contribution in [0.4, 0.5) is 0 Å². The Balaban J connectivity index is 2.03. The lowest BCUT2D eigenvalue weighted by Crippen LogP contribution is -2.39. The van der Waals surface area contributed by atoms with Crippen LogP contribution in [-0.2, 0) is 9.53 Å². The number of hydrogen-bond donors (Lipinski definition) is 1. The van der Waals surface area contributed by atoms with Gasteiger partial charge in [-0.3, -0.25) is 4.79 Å². The van der Waals surface area contributed by atoms with Crippen molar-refractivity contribution < 1.29 is 9.53 Å². The summed E-state index contributed by atoms with van der Waals surface area (Å²) in [6, 6.07) is -0.109. The number of carbonyl (C=O) groups is 1. The Bertz CT molecular complexity index is 324. The Labute approximate surface area is 104 Å². The summed E-state index contributed by atoms with van der Waals surface area (Å²) in [4.78, 5) is 11.7. The molecule has 17 heavy (non-hydrogen) atoms. The van der Waals surface area contributed by atoms with Crippen LogP contribution in [0.1, 0.15) is 53.4 Å². The third-order valence-electron chi connectivity index (χ3n) is 5.48. The molecule has 0 saturated heterocycles. The van der Waals surface area contributed by atoms with E-state index in [1.165, 1.54) is 12.8 Å². The van der Waals surface area contributed by atoms with Crippen LogP contribution >= 0.6 is 0 Å². The van der Waals surface area contributed by atoms with Gasteiger partial charge in [0.15, 0.2) is 0 Å². The number of carbonyl (C=O) groups excluding carboxylic acids is 1. The highest BCUT2D eigenvalue weighted by atomic mass is 16.5. The maximum atomic E-state index is 11.7. The van der Waals surface area contributed by atoms with Gasteiger partial charge in [0, 0.05) is 11.5 Å². The number of hydrogen-bond acceptors (Lipinski definition) is 3. The molecule has 0 spiro atoms. The largest absolute Gasteiger partial charge is 0.462 e. The summed E-state index contributed by atoms with van der Waals surface area (Å²) < 4.78 is 5.68. The fourth-order valence-electron chi connectivity index (χ4n) is 3.78. The Kier molecular flexibility index (Phi) is 3.01. The first-order valence-electron chi connectivity index (χ1n) is 6.72. The summed E-state index contributed by atoms with van der Waals surface area (Å²) in [7, 11) is 0. The van der Waals surface area contributed by atoms with Crippen LogP contribution < -0.4 is 5.73 Å². The molecular formula is C14H25NO2. The molecule has 0 radical (unpaired) electrons. The highest BCUT2D eigenvalue weighted by molar-refractivity contribution is 5.70. The highest BCUT2D eigenvalue weighted by Crippen LogP contribution is 2.66. The maximum absolute atomic E-state index is 11.7. The molecular weight excluding hydrogens is 214 g/mol. The molecule has 2 aliphatic rings. The third kappa shape index (κ3) is 1.88. The van der Waals surface area contributed by atoms with E-state index in [1.807, 2.05) is 6.92 Å². The van der Waals surface area contributed by atoms with Crippen LogP contribution in [0.3, 0.4) is 0 Å². The Morgan fingerprint density at radius 1 is 1.47 bits per heavy atom. The monoisotopic (exact) mass is 239 g/mol. The minimum Gasteiger partial charge on any atom is -0.462 e. The number of nitrogens with two attached hydrogens (primary N) is 1. The van der Waals surface area contributed by atoms with Gasteiger partial charge in [-0.05, 0) is 37.5 Å². The second-order valence-corrected chi connectivity index (χ2v) is 6.77. The molecule has 0 aromatic rings. The number of fused-ring (bicyclic) bond motifs is 2. The van der Waals surface area contributed by atoms with Crippen molar-refractivity contribution in [2.24, 2.45) is 22.5 Å². The minimum atomic E-state index is -0.130. The van der Waals surface area contributed by atoms with Crippen LogP contribution in [0.5, 0.6) is 0 Å². The van der Waals surface area contributed by atoms with E-state index < -0.39 is 0 Å². The van der Waals surface area contributed by atoms with Gasteiger partial charge in [-0.2, -0.15) is 0 Å². The normalized spacial score (nSPS) is 40.3. The molecule has 2 aliphatic carbocycles. The number of rotatable bonds is 3. The van der Waals surface area contributed by atoms with Gasteiger partial charge < -0.3 is 10.5 Å². The molecule has 0 aromatic heterocycles. The first-order chi connectivity index (χ1) is 7.77. The van der Waals surface area contributed by atoms with Crippen molar-refractivity contribution in [3.63, 3.8) is 0 Å². The van der Waals surface area contributed by atoms with Crippen molar-refractivity contribution in [3.05, 3.63) is 0 Å². The van der Waals surface area contributed by atoms with Crippen molar-refractivity contribution in [1.82, 2.24) is 0 Å². The van der Waals surface area contributed by atoms with Crippen LogP contribution in [0.2, 0.25) is 0 Å². The van der Waals surface area contributed by atoms with Gasteiger partial charge in [-0.15, -0.1) is 0 Å². The second-order valence-electron chi connectivity index (χ2n) is 6.77. The van der Waals surface area contributed by atoms with Crippen molar-refractivity contribution in [3.8, 4) is 0 Å². The van der Waals surface area contributed by atoms with Gasteiger partial charge in [0.2, 0.25) is 0 Å². The fourth-order valence-corrected chi connectivity index (χ4v) is 3.78. The average molecular weight is 239 g/mol. The molecule has 4 unspecified atom stereocenters. The van der Waals surface area contributed by atoms with Gasteiger partial charge >= 0.3 is 5.97 Å². The van der Waals surface area contributed by atoms with E-state index in [4.69, 9.17) is 10.5 Å². The van der Waals surface area contributed by atoms with E-state index in [-0.39, 0.29) is 23.5 Å². The smallest absolute Gasteiger partial charge is 0.307 e. The first-order valence-corrected chi connectivity index (χ1v) is 6.72. The van der Waals surface area contributed by atoms with Gasteiger partial charge in [-0.1, -0.05) is 20.8 Å². The number of ether oxygens (including phenoxy) is 1. The molecule has 2 N–H and O–H groups in total. The summed E-state index contributed by atoms with van der Waals surface area (Å²) in [5.41, 5.74) is 6.08. The summed E-state index contributed by atoms with van der Waals surface area (Å²) >= 11 is 0. The lowest BCUT2D eigenvalue weighted by Gasteiger charge is -2.38. The predicted molar refractivity (Wildman–Crippen MR) is 67.4 cm³/mol. The summed E-state index contributed by atoms with van der Waals surface area (Å²) in [5.74, 6) is 0.579. The summed E-state index contributed by atoms with van der Waals surface area (Å²) in [5, 5.41) is 0. The first kappa shape index (κ1) is 12.9. The lowest BCUT2D eigenvalue weighted by molar-refractivity contribution is -0.157. The quantitative estimate of drug-likeness (QED) is 0.770. The molecule has 98 valence electrons. The fraction of sp³-hybridized carbons (Fsp3) is 0.929. The van der Waals surface area contributed by atoms with Crippen molar-refractivity contribution in [1.29, 1.82) is 0 Å². The van der Waals surface area contributed by atoms with Crippen LogP contribution in [-0.4, -0.2) is 18.1 Å². The lowest BCUT2D eigenvalue weighted by atomic mass is 9.70. The highest BCUT2D eigenvalue weighted by Gasteiger charge is 2.62. The number of esters is 1. The van der Waals surface area contributed by atoms with Gasteiger partial charge in [0.05, 0.1) is 6.42 Å². The zero-order valence-electron chi connectivity index (χ0n) is 11.5. The van der Waals surface area contributed by atoms with E-state index in [1.54, 1.807) is 0 Å². The predicted octanol–water partition coefficient (Wildman–Crippen LogP) is 2.48. The third-order valence-corrected chi connectivity index (χ3v) is 5.48. The van der Waals surface area contributed by atoms with E-state index in [9.17, 15) is 4.79 Å². The average Bonchev–Trinajstić information content (AvgIpc) is 2.49. The summed E-state index contributed by atoms with van der Waals surface area (Å²) in [6.45, 7) is 8.77. The molecule has 0 aliphatic heterocycles. The molecule has 0 amide bonds. The van der Waals surface area contributed by atoms with Crippen molar-refractivity contribution >= 4 is 5.97 Å². The van der Waals surface area contributed by atoms with Gasteiger partial charge in [0.25, 0.3) is 0 Å². The van der Waals surface area contributed by atoms with E-state index in [0.29, 0.717) is 17.8 Å². The molecule has 0 heterocycles. The Morgan fingerprint density at radius 3 is 2.53 bits per heavy atom. The summed E-state index contributed by atoms with van der Waals surface area (Å²) in [6.07, 6.45) is 3.93. The molecule has 2 saturated carbocycles. The topological polar surface area (TPSA) is 52.3 Å². The van der Waals surface area contributed by atoms with Crippen LogP contribution in [0, 0.1) is 16.7 Å². The molecule has 2 bridgehead atoms.